The molecule has 0 radical (unpaired) electrons. The molecule has 0 spiro atoms. The van der Waals surface area contributed by atoms with Crippen LogP contribution in [0.2, 0.25) is 0 Å². The Morgan fingerprint density at radius 1 is 1.06 bits per heavy atom. The summed E-state index contributed by atoms with van der Waals surface area (Å²) in [5.74, 6) is 0. The van der Waals surface area contributed by atoms with Crippen molar-refractivity contribution >= 4 is 17.1 Å². The van der Waals surface area contributed by atoms with Gasteiger partial charge < -0.3 is 15.8 Å². The Labute approximate surface area is 101 Å². The maximum atomic E-state index is 5.64. The fraction of sp³-hybridized carbons (Fsp3) is 0.143. The van der Waals surface area contributed by atoms with Gasteiger partial charge in [0.15, 0.2) is 0 Å². The first-order valence-electron chi connectivity index (χ1n) is 5.48. The molecule has 0 unspecified atom stereocenters. The smallest absolute Gasteiger partial charge is 0.0713 e. The van der Waals surface area contributed by atoms with E-state index in [0.29, 0.717) is 6.61 Å². The third-order valence-electron chi connectivity index (χ3n) is 2.44. The number of ether oxygens (including phenoxy) is 1. The first kappa shape index (κ1) is 11.5. The van der Waals surface area contributed by atoms with E-state index in [9.17, 15) is 0 Å². The van der Waals surface area contributed by atoms with Crippen molar-refractivity contribution in [3.63, 3.8) is 0 Å². The summed E-state index contributed by atoms with van der Waals surface area (Å²) in [5, 5.41) is 3.32. The summed E-state index contributed by atoms with van der Waals surface area (Å²) in [6.07, 6.45) is 0. The van der Waals surface area contributed by atoms with Gasteiger partial charge in [-0.05, 0) is 42.0 Å². The number of hydrogen-bond acceptors (Lipinski definition) is 3. The Bertz CT molecular complexity index is 480. The maximum absolute atomic E-state index is 5.64. The van der Waals surface area contributed by atoms with E-state index < -0.39 is 0 Å². The molecule has 0 amide bonds. The highest BCUT2D eigenvalue weighted by molar-refractivity contribution is 5.62. The fourth-order valence-corrected chi connectivity index (χ4v) is 1.64. The molecular formula is C14H16N2O. The highest BCUT2D eigenvalue weighted by Gasteiger charge is 1.97. The molecular weight excluding hydrogens is 212 g/mol. The average Bonchev–Trinajstić information content (AvgIpc) is 2.33. The lowest BCUT2D eigenvalue weighted by Crippen LogP contribution is -1.93. The second-order valence-electron chi connectivity index (χ2n) is 3.88. The fourth-order valence-electron chi connectivity index (χ4n) is 1.64. The third-order valence-corrected chi connectivity index (χ3v) is 2.44. The minimum atomic E-state index is 0.622. The largest absolute Gasteiger partial charge is 0.399 e. The molecule has 88 valence electrons. The van der Waals surface area contributed by atoms with E-state index in [0.717, 1.165) is 22.6 Å². The van der Waals surface area contributed by atoms with E-state index in [-0.39, 0.29) is 0 Å². The van der Waals surface area contributed by atoms with Gasteiger partial charge in [-0.15, -0.1) is 0 Å². The number of hydrogen-bond donors (Lipinski definition) is 2. The highest BCUT2D eigenvalue weighted by atomic mass is 16.5. The van der Waals surface area contributed by atoms with Crippen molar-refractivity contribution < 1.29 is 4.74 Å². The van der Waals surface area contributed by atoms with Crippen LogP contribution in [0.3, 0.4) is 0 Å². The zero-order chi connectivity index (χ0) is 12.1. The van der Waals surface area contributed by atoms with Gasteiger partial charge in [-0.2, -0.15) is 0 Å². The molecule has 0 bridgehead atoms. The standard InChI is InChI=1S/C14H16N2O/c1-17-10-11-3-2-4-14(9-11)16-13-7-5-12(15)6-8-13/h2-9,16H,10,15H2,1H3. The minimum Gasteiger partial charge on any atom is -0.399 e. The van der Waals surface area contributed by atoms with Gasteiger partial charge in [-0.25, -0.2) is 0 Å². The molecule has 0 saturated heterocycles. The predicted molar refractivity (Wildman–Crippen MR) is 71.3 cm³/mol. The summed E-state index contributed by atoms with van der Waals surface area (Å²) >= 11 is 0. The molecule has 0 heterocycles. The van der Waals surface area contributed by atoms with Crippen LogP contribution < -0.4 is 11.1 Å². The van der Waals surface area contributed by atoms with E-state index >= 15 is 0 Å². The first-order chi connectivity index (χ1) is 8.28. The van der Waals surface area contributed by atoms with E-state index in [1.165, 1.54) is 0 Å². The monoisotopic (exact) mass is 228 g/mol. The Kier molecular flexibility index (Phi) is 3.62. The molecule has 3 heteroatoms. The van der Waals surface area contributed by atoms with Crippen LogP contribution in [0.15, 0.2) is 48.5 Å². The zero-order valence-electron chi connectivity index (χ0n) is 9.81. The van der Waals surface area contributed by atoms with Crippen LogP contribution >= 0.6 is 0 Å². The van der Waals surface area contributed by atoms with Crippen molar-refractivity contribution in [2.24, 2.45) is 0 Å². The van der Waals surface area contributed by atoms with Crippen LogP contribution in [-0.2, 0) is 11.3 Å². The molecule has 2 rings (SSSR count). The molecule has 0 aliphatic carbocycles. The quantitative estimate of drug-likeness (QED) is 0.790. The van der Waals surface area contributed by atoms with Gasteiger partial charge >= 0.3 is 0 Å². The maximum Gasteiger partial charge on any atom is 0.0713 e. The Morgan fingerprint density at radius 2 is 1.82 bits per heavy atom. The molecule has 0 aromatic heterocycles. The van der Waals surface area contributed by atoms with E-state index in [1.807, 2.05) is 42.5 Å². The Morgan fingerprint density at radius 3 is 2.53 bits per heavy atom. The molecule has 0 fully saturated rings. The molecule has 0 aliphatic heterocycles. The van der Waals surface area contributed by atoms with Crippen molar-refractivity contribution in [1.82, 2.24) is 0 Å². The van der Waals surface area contributed by atoms with E-state index in [2.05, 4.69) is 11.4 Å². The third kappa shape index (κ3) is 3.23. The molecule has 2 aromatic carbocycles. The predicted octanol–water partition coefficient (Wildman–Crippen LogP) is 3.16. The van der Waals surface area contributed by atoms with Crippen molar-refractivity contribution in [3.05, 3.63) is 54.1 Å². The second-order valence-corrected chi connectivity index (χ2v) is 3.88. The topological polar surface area (TPSA) is 47.3 Å². The normalized spacial score (nSPS) is 10.2. The summed E-state index contributed by atoms with van der Waals surface area (Å²) in [6.45, 7) is 0.622. The highest BCUT2D eigenvalue weighted by Crippen LogP contribution is 2.19. The van der Waals surface area contributed by atoms with Crippen LogP contribution in [0.1, 0.15) is 5.56 Å². The number of anilines is 3. The molecule has 0 aliphatic rings. The molecule has 0 atom stereocenters. The summed E-state index contributed by atoms with van der Waals surface area (Å²) in [5.41, 5.74) is 9.62. The summed E-state index contributed by atoms with van der Waals surface area (Å²) in [6, 6.07) is 15.8. The number of nitrogens with two attached hydrogens (primary N) is 1. The van der Waals surface area contributed by atoms with Crippen molar-refractivity contribution in [2.75, 3.05) is 18.2 Å². The van der Waals surface area contributed by atoms with Crippen LogP contribution in [0.4, 0.5) is 17.1 Å². The van der Waals surface area contributed by atoms with Gasteiger partial charge in [-0.1, -0.05) is 12.1 Å². The molecule has 3 N–H and O–H groups in total. The lowest BCUT2D eigenvalue weighted by molar-refractivity contribution is 0.185. The average molecular weight is 228 g/mol. The number of nitrogen functional groups attached to an aromatic ring is 1. The molecule has 0 saturated carbocycles. The van der Waals surface area contributed by atoms with Gasteiger partial charge in [0, 0.05) is 24.2 Å². The van der Waals surface area contributed by atoms with Crippen LogP contribution in [0.5, 0.6) is 0 Å². The van der Waals surface area contributed by atoms with Gasteiger partial charge in [0.2, 0.25) is 0 Å². The van der Waals surface area contributed by atoms with Crippen LogP contribution in [0.25, 0.3) is 0 Å². The number of rotatable bonds is 4. The van der Waals surface area contributed by atoms with Crippen molar-refractivity contribution in [1.29, 1.82) is 0 Å². The van der Waals surface area contributed by atoms with Gasteiger partial charge in [0.25, 0.3) is 0 Å². The number of nitrogens with one attached hydrogen (secondary N) is 1. The summed E-state index contributed by atoms with van der Waals surface area (Å²) in [7, 11) is 1.69. The summed E-state index contributed by atoms with van der Waals surface area (Å²) in [4.78, 5) is 0. The lowest BCUT2D eigenvalue weighted by atomic mass is 10.2. The van der Waals surface area contributed by atoms with Crippen molar-refractivity contribution in [3.8, 4) is 0 Å². The van der Waals surface area contributed by atoms with E-state index in [4.69, 9.17) is 10.5 Å². The van der Waals surface area contributed by atoms with Crippen LogP contribution in [-0.4, -0.2) is 7.11 Å². The number of benzene rings is 2. The SMILES string of the molecule is COCc1cccc(Nc2ccc(N)cc2)c1. The van der Waals surface area contributed by atoms with Gasteiger partial charge in [0.05, 0.1) is 6.61 Å². The van der Waals surface area contributed by atoms with Crippen molar-refractivity contribution in [2.45, 2.75) is 6.61 Å². The molecule has 2 aromatic rings. The second kappa shape index (κ2) is 5.37. The lowest BCUT2D eigenvalue weighted by Gasteiger charge is -2.08. The summed E-state index contributed by atoms with van der Waals surface area (Å²) < 4.78 is 5.10. The van der Waals surface area contributed by atoms with E-state index in [1.54, 1.807) is 7.11 Å². The first-order valence-corrected chi connectivity index (χ1v) is 5.48. The van der Waals surface area contributed by atoms with Gasteiger partial charge in [0.1, 0.15) is 0 Å². The zero-order valence-corrected chi connectivity index (χ0v) is 9.81. The molecule has 17 heavy (non-hydrogen) atoms. The van der Waals surface area contributed by atoms with Gasteiger partial charge in [-0.3, -0.25) is 0 Å². The minimum absolute atomic E-state index is 0.622. The number of methoxy groups -OCH3 is 1. The van der Waals surface area contributed by atoms with Crippen LogP contribution in [0, 0.1) is 0 Å². The molecule has 3 nitrogen and oxygen atoms in total. The Balaban J connectivity index is 2.12. The Hall–Kier alpha value is -2.00.